The van der Waals surface area contributed by atoms with Gasteiger partial charge in [-0.3, -0.25) is 0 Å². The molecule has 21 heavy (non-hydrogen) atoms. The molecule has 1 aromatic heterocycles. The molecule has 2 N–H and O–H groups in total. The molecule has 1 aromatic carbocycles. The van der Waals surface area contributed by atoms with Gasteiger partial charge in [0.2, 0.25) is 5.95 Å². The van der Waals surface area contributed by atoms with Crippen LogP contribution in [0.3, 0.4) is 0 Å². The van der Waals surface area contributed by atoms with Crippen molar-refractivity contribution in [3.63, 3.8) is 0 Å². The monoisotopic (exact) mass is 306 g/mol. The smallest absolute Gasteiger partial charge is 0.224 e. The van der Waals surface area contributed by atoms with Crippen LogP contribution in [0, 0.1) is 6.92 Å². The van der Waals surface area contributed by atoms with E-state index >= 15 is 0 Å². The van der Waals surface area contributed by atoms with Crippen molar-refractivity contribution in [3.8, 4) is 0 Å². The SMILES string of the molecule is COCCCNc1nccc(Nc2ccc(Cl)cc2C)n1. The largest absolute Gasteiger partial charge is 0.385 e. The lowest BCUT2D eigenvalue weighted by molar-refractivity contribution is 0.197. The fraction of sp³-hybridized carbons (Fsp3) is 0.333. The van der Waals surface area contributed by atoms with Crippen LogP contribution in [0.15, 0.2) is 30.5 Å². The number of hydrogen-bond donors (Lipinski definition) is 2. The van der Waals surface area contributed by atoms with E-state index in [1.165, 1.54) is 0 Å². The first-order valence-corrected chi connectivity index (χ1v) is 7.16. The molecule has 0 spiro atoms. The summed E-state index contributed by atoms with van der Waals surface area (Å²) in [5.74, 6) is 1.34. The third kappa shape index (κ3) is 4.88. The molecule has 0 saturated heterocycles. The van der Waals surface area contributed by atoms with Crippen LogP contribution in [-0.4, -0.2) is 30.2 Å². The van der Waals surface area contributed by atoms with E-state index < -0.39 is 0 Å². The van der Waals surface area contributed by atoms with Crippen LogP contribution in [-0.2, 0) is 4.74 Å². The van der Waals surface area contributed by atoms with E-state index in [9.17, 15) is 0 Å². The molecule has 0 atom stereocenters. The number of nitrogens with zero attached hydrogens (tertiary/aromatic N) is 2. The maximum atomic E-state index is 5.95. The van der Waals surface area contributed by atoms with E-state index in [0.717, 1.165) is 41.7 Å². The van der Waals surface area contributed by atoms with Crippen molar-refractivity contribution in [3.05, 3.63) is 41.0 Å². The van der Waals surface area contributed by atoms with Crippen LogP contribution in [0.1, 0.15) is 12.0 Å². The van der Waals surface area contributed by atoms with Gasteiger partial charge in [0.25, 0.3) is 0 Å². The van der Waals surface area contributed by atoms with E-state index in [0.29, 0.717) is 5.95 Å². The number of hydrogen-bond acceptors (Lipinski definition) is 5. The third-order valence-corrected chi connectivity index (χ3v) is 3.15. The molecule has 112 valence electrons. The zero-order chi connectivity index (χ0) is 15.1. The fourth-order valence-electron chi connectivity index (χ4n) is 1.84. The van der Waals surface area contributed by atoms with Crippen molar-refractivity contribution in [1.29, 1.82) is 0 Å². The van der Waals surface area contributed by atoms with Crippen molar-refractivity contribution in [1.82, 2.24) is 9.97 Å². The van der Waals surface area contributed by atoms with Crippen LogP contribution in [0.25, 0.3) is 0 Å². The van der Waals surface area contributed by atoms with E-state index in [1.54, 1.807) is 13.3 Å². The number of benzene rings is 1. The number of aryl methyl sites for hydroxylation is 1. The second kappa shape index (κ2) is 7.81. The second-order valence-corrected chi connectivity index (χ2v) is 5.06. The van der Waals surface area contributed by atoms with Gasteiger partial charge in [0.05, 0.1) is 0 Å². The van der Waals surface area contributed by atoms with Crippen molar-refractivity contribution < 1.29 is 4.74 Å². The molecule has 1 heterocycles. The Morgan fingerprint density at radius 2 is 2.14 bits per heavy atom. The van der Waals surface area contributed by atoms with Gasteiger partial charge in [-0.1, -0.05) is 11.6 Å². The van der Waals surface area contributed by atoms with Gasteiger partial charge in [-0.25, -0.2) is 4.98 Å². The Kier molecular flexibility index (Phi) is 5.78. The van der Waals surface area contributed by atoms with Gasteiger partial charge < -0.3 is 15.4 Å². The van der Waals surface area contributed by atoms with E-state index in [4.69, 9.17) is 16.3 Å². The lowest BCUT2D eigenvalue weighted by atomic mass is 10.2. The minimum absolute atomic E-state index is 0.600. The fourth-order valence-corrected chi connectivity index (χ4v) is 2.06. The molecule has 0 aliphatic carbocycles. The summed E-state index contributed by atoms with van der Waals surface area (Å²) in [5.41, 5.74) is 2.04. The minimum atomic E-state index is 0.600. The van der Waals surface area contributed by atoms with Crippen LogP contribution < -0.4 is 10.6 Å². The van der Waals surface area contributed by atoms with Gasteiger partial charge >= 0.3 is 0 Å². The lowest BCUT2D eigenvalue weighted by Crippen LogP contribution is -2.08. The van der Waals surface area contributed by atoms with E-state index in [1.807, 2.05) is 31.2 Å². The zero-order valence-corrected chi connectivity index (χ0v) is 12.9. The number of methoxy groups -OCH3 is 1. The third-order valence-electron chi connectivity index (χ3n) is 2.92. The Morgan fingerprint density at radius 1 is 1.29 bits per heavy atom. The molecule has 2 rings (SSSR count). The summed E-state index contributed by atoms with van der Waals surface area (Å²) in [5, 5.41) is 7.16. The van der Waals surface area contributed by atoms with Crippen LogP contribution in [0.2, 0.25) is 5.02 Å². The quantitative estimate of drug-likeness (QED) is 0.765. The Bertz CT molecular complexity index is 592. The van der Waals surface area contributed by atoms with Crippen molar-refractivity contribution in [2.45, 2.75) is 13.3 Å². The molecule has 0 bridgehead atoms. The van der Waals surface area contributed by atoms with Crippen LogP contribution in [0.4, 0.5) is 17.5 Å². The first-order chi connectivity index (χ1) is 10.2. The van der Waals surface area contributed by atoms with E-state index in [2.05, 4.69) is 20.6 Å². The summed E-state index contributed by atoms with van der Waals surface area (Å²) in [7, 11) is 1.69. The maximum absolute atomic E-state index is 5.95. The summed E-state index contributed by atoms with van der Waals surface area (Å²) >= 11 is 5.95. The first kappa shape index (κ1) is 15.5. The van der Waals surface area contributed by atoms with Crippen molar-refractivity contribution in [2.75, 3.05) is 30.9 Å². The molecular formula is C15H19ClN4O. The predicted octanol–water partition coefficient (Wildman–Crippen LogP) is 3.63. The summed E-state index contributed by atoms with van der Waals surface area (Å²) < 4.78 is 5.00. The van der Waals surface area contributed by atoms with Gasteiger partial charge in [-0.15, -0.1) is 0 Å². The molecule has 2 aromatic rings. The summed E-state index contributed by atoms with van der Waals surface area (Å²) in [6.07, 6.45) is 2.63. The first-order valence-electron chi connectivity index (χ1n) is 6.78. The highest BCUT2D eigenvalue weighted by Gasteiger charge is 2.02. The van der Waals surface area contributed by atoms with Crippen LogP contribution >= 0.6 is 11.6 Å². The predicted molar refractivity (Wildman–Crippen MR) is 86.5 cm³/mol. The van der Waals surface area contributed by atoms with Gasteiger partial charge in [-0.05, 0) is 43.2 Å². The zero-order valence-electron chi connectivity index (χ0n) is 12.2. The molecule has 0 aliphatic heterocycles. The highest BCUT2D eigenvalue weighted by Crippen LogP contribution is 2.22. The van der Waals surface area contributed by atoms with Gasteiger partial charge in [0.1, 0.15) is 5.82 Å². The molecule has 5 nitrogen and oxygen atoms in total. The number of ether oxygens (including phenoxy) is 1. The molecule has 6 heteroatoms. The number of anilines is 3. The van der Waals surface area contributed by atoms with Gasteiger partial charge in [0, 0.05) is 37.2 Å². The summed E-state index contributed by atoms with van der Waals surface area (Å²) in [6.45, 7) is 3.49. The molecule has 0 saturated carbocycles. The van der Waals surface area contributed by atoms with Crippen LogP contribution in [0.5, 0.6) is 0 Å². The molecule has 0 aliphatic rings. The normalized spacial score (nSPS) is 10.4. The van der Waals surface area contributed by atoms with Crippen molar-refractivity contribution >= 4 is 29.1 Å². The number of aromatic nitrogens is 2. The maximum Gasteiger partial charge on any atom is 0.224 e. The highest BCUT2D eigenvalue weighted by atomic mass is 35.5. The number of nitrogens with one attached hydrogen (secondary N) is 2. The number of rotatable bonds is 7. The Hall–Kier alpha value is -1.85. The average molecular weight is 307 g/mol. The minimum Gasteiger partial charge on any atom is -0.385 e. The Morgan fingerprint density at radius 3 is 2.90 bits per heavy atom. The summed E-state index contributed by atoms with van der Waals surface area (Å²) in [6, 6.07) is 7.52. The molecule has 0 radical (unpaired) electrons. The standard InChI is InChI=1S/C15H19ClN4O/c1-11-10-12(16)4-5-13(11)19-14-6-8-18-15(20-14)17-7-3-9-21-2/h4-6,8,10H,3,7,9H2,1-2H3,(H2,17,18,19,20). The van der Waals surface area contributed by atoms with Crippen molar-refractivity contribution in [2.24, 2.45) is 0 Å². The topological polar surface area (TPSA) is 59.1 Å². The highest BCUT2D eigenvalue weighted by molar-refractivity contribution is 6.30. The Balaban J connectivity index is 2.00. The van der Waals surface area contributed by atoms with Gasteiger partial charge in [0.15, 0.2) is 0 Å². The molecule has 0 unspecified atom stereocenters. The number of halogens is 1. The second-order valence-electron chi connectivity index (χ2n) is 4.62. The molecular weight excluding hydrogens is 288 g/mol. The Labute approximate surface area is 129 Å². The average Bonchev–Trinajstić information content (AvgIpc) is 2.47. The summed E-state index contributed by atoms with van der Waals surface area (Å²) in [4.78, 5) is 8.61. The lowest BCUT2D eigenvalue weighted by Gasteiger charge is -2.10. The van der Waals surface area contributed by atoms with Gasteiger partial charge in [-0.2, -0.15) is 4.98 Å². The molecule has 0 amide bonds. The molecule has 0 fully saturated rings. The van der Waals surface area contributed by atoms with E-state index in [-0.39, 0.29) is 0 Å².